The second-order valence-electron chi connectivity index (χ2n) is 7.53. The van der Waals surface area contributed by atoms with Gasteiger partial charge >= 0.3 is 0 Å². The van der Waals surface area contributed by atoms with E-state index in [4.69, 9.17) is 10.5 Å². The fourth-order valence-corrected chi connectivity index (χ4v) is 3.55. The van der Waals surface area contributed by atoms with Gasteiger partial charge in [0, 0.05) is 55.7 Å². The Morgan fingerprint density at radius 2 is 2.00 bits per heavy atom. The third-order valence-electron chi connectivity index (χ3n) is 5.06. The number of amides is 1. The van der Waals surface area contributed by atoms with Gasteiger partial charge in [0.25, 0.3) is 5.91 Å². The summed E-state index contributed by atoms with van der Waals surface area (Å²) >= 11 is 0. The van der Waals surface area contributed by atoms with E-state index < -0.39 is 5.91 Å². The van der Waals surface area contributed by atoms with Gasteiger partial charge in [0.1, 0.15) is 0 Å². The number of aliphatic imine (C=N–C) groups is 1. The maximum Gasteiger partial charge on any atom is 0.251 e. The van der Waals surface area contributed by atoms with Gasteiger partial charge in [-0.3, -0.25) is 9.79 Å². The number of nitrogens with two attached hydrogens (primary N) is 1. The molecule has 0 bridgehead atoms. The van der Waals surface area contributed by atoms with Crippen LogP contribution in [0.1, 0.15) is 28.4 Å². The van der Waals surface area contributed by atoms with E-state index in [-0.39, 0.29) is 0 Å². The van der Waals surface area contributed by atoms with E-state index >= 15 is 0 Å². The molecule has 0 spiro atoms. The van der Waals surface area contributed by atoms with Crippen LogP contribution >= 0.6 is 0 Å². The molecule has 2 aromatic rings. The summed E-state index contributed by atoms with van der Waals surface area (Å²) in [7, 11) is 6.04. The molecule has 154 valence electrons. The predicted molar refractivity (Wildman–Crippen MR) is 118 cm³/mol. The Balaban J connectivity index is 2.14. The molecule has 29 heavy (non-hydrogen) atoms. The van der Waals surface area contributed by atoms with Crippen molar-refractivity contribution in [3.8, 4) is 17.0 Å². The van der Waals surface area contributed by atoms with Crippen molar-refractivity contribution in [3.05, 3.63) is 35.0 Å². The van der Waals surface area contributed by atoms with Crippen molar-refractivity contribution in [2.75, 3.05) is 45.7 Å². The Morgan fingerprint density at radius 3 is 2.62 bits per heavy atom. The van der Waals surface area contributed by atoms with Gasteiger partial charge in [-0.1, -0.05) is 0 Å². The Morgan fingerprint density at radius 1 is 1.24 bits per heavy atom. The summed E-state index contributed by atoms with van der Waals surface area (Å²) < 4.78 is 5.57. The van der Waals surface area contributed by atoms with Crippen molar-refractivity contribution in [2.45, 2.75) is 20.3 Å². The summed E-state index contributed by atoms with van der Waals surface area (Å²) in [5.74, 6) is 0.208. The minimum atomic E-state index is -0.425. The highest BCUT2D eigenvalue weighted by molar-refractivity contribution is 6.06. The number of hydrogen-bond donors (Lipinski definition) is 1. The topological polar surface area (TPSA) is 84.0 Å². The standard InChI is InChI=1S/C22H29N5O2/c1-6-29-22-14(2)11-15(13-25-22)17-12-18(27(5)10-9-26(3)4)19(21(23)28)16-7-8-24-20(16)17/h8,11-13H,6-7,9-10H2,1-5H3,(H2,23,28). The molecular formula is C22H29N5O2. The highest BCUT2D eigenvalue weighted by atomic mass is 16.5. The first-order chi connectivity index (χ1) is 13.8. The SMILES string of the molecule is CCOc1ncc(-c2cc(N(C)CCN(C)C)c(C(N)=O)c3c2N=CC3)cc1C. The molecule has 0 aliphatic carbocycles. The third kappa shape index (κ3) is 4.24. The molecule has 1 aromatic carbocycles. The summed E-state index contributed by atoms with van der Waals surface area (Å²) in [4.78, 5) is 25.6. The zero-order chi connectivity index (χ0) is 21.1. The van der Waals surface area contributed by atoms with Gasteiger partial charge < -0.3 is 20.3 Å². The Bertz CT molecular complexity index is 953. The van der Waals surface area contributed by atoms with Crippen molar-refractivity contribution >= 4 is 23.5 Å². The molecule has 3 rings (SSSR count). The molecule has 1 amide bonds. The molecule has 0 saturated heterocycles. The van der Waals surface area contributed by atoms with Crippen molar-refractivity contribution in [3.63, 3.8) is 0 Å². The van der Waals surface area contributed by atoms with Crippen LogP contribution in [0, 0.1) is 6.92 Å². The zero-order valence-electron chi connectivity index (χ0n) is 17.8. The monoisotopic (exact) mass is 395 g/mol. The molecule has 7 nitrogen and oxygen atoms in total. The van der Waals surface area contributed by atoms with Gasteiger partial charge in [-0.15, -0.1) is 0 Å². The number of rotatable bonds is 8. The minimum Gasteiger partial charge on any atom is -0.478 e. The van der Waals surface area contributed by atoms with E-state index in [1.165, 1.54) is 0 Å². The minimum absolute atomic E-state index is 0.425. The molecule has 0 unspecified atom stereocenters. The highest BCUT2D eigenvalue weighted by Gasteiger charge is 2.26. The van der Waals surface area contributed by atoms with Crippen LogP contribution in [0.4, 0.5) is 11.4 Å². The number of ether oxygens (including phenoxy) is 1. The number of carbonyl (C=O) groups excluding carboxylic acids is 1. The zero-order valence-corrected chi connectivity index (χ0v) is 17.8. The van der Waals surface area contributed by atoms with Crippen LogP contribution in [0.2, 0.25) is 0 Å². The van der Waals surface area contributed by atoms with Gasteiger partial charge in [0.2, 0.25) is 5.88 Å². The van der Waals surface area contributed by atoms with Crippen LogP contribution in [0.3, 0.4) is 0 Å². The molecular weight excluding hydrogens is 366 g/mol. The lowest BCUT2D eigenvalue weighted by Gasteiger charge is -2.26. The van der Waals surface area contributed by atoms with Crippen LogP contribution in [-0.2, 0) is 6.42 Å². The quantitative estimate of drug-likeness (QED) is 0.743. The number of fused-ring (bicyclic) bond motifs is 1. The summed E-state index contributed by atoms with van der Waals surface area (Å²) in [5, 5.41) is 0. The number of pyridine rings is 1. The summed E-state index contributed by atoms with van der Waals surface area (Å²) in [6.45, 7) is 6.12. The molecule has 2 heterocycles. The first-order valence-electron chi connectivity index (χ1n) is 9.81. The Kier molecular flexibility index (Phi) is 6.17. The largest absolute Gasteiger partial charge is 0.478 e. The number of carbonyl (C=O) groups is 1. The fraction of sp³-hybridized carbons (Fsp3) is 0.409. The van der Waals surface area contributed by atoms with E-state index in [0.717, 1.165) is 46.7 Å². The average Bonchev–Trinajstić information content (AvgIpc) is 3.15. The van der Waals surface area contributed by atoms with Crippen LogP contribution in [0.25, 0.3) is 11.1 Å². The predicted octanol–water partition coefficient (Wildman–Crippen LogP) is 2.81. The van der Waals surface area contributed by atoms with Crippen molar-refractivity contribution < 1.29 is 9.53 Å². The highest BCUT2D eigenvalue weighted by Crippen LogP contribution is 2.43. The van der Waals surface area contributed by atoms with Crippen molar-refractivity contribution in [2.24, 2.45) is 10.7 Å². The number of likely N-dealkylation sites (N-methyl/N-ethyl adjacent to an activating group) is 2. The maximum absolute atomic E-state index is 12.3. The summed E-state index contributed by atoms with van der Waals surface area (Å²) in [5.41, 5.74) is 11.7. The number of hydrogen-bond acceptors (Lipinski definition) is 6. The molecule has 2 N–H and O–H groups in total. The van der Waals surface area contributed by atoms with E-state index in [2.05, 4.69) is 25.8 Å². The molecule has 0 saturated carbocycles. The van der Waals surface area contributed by atoms with Gasteiger partial charge in [-0.25, -0.2) is 4.98 Å². The van der Waals surface area contributed by atoms with Gasteiger partial charge in [-0.2, -0.15) is 0 Å². The lowest BCUT2D eigenvalue weighted by molar-refractivity contribution is 0.1000. The molecule has 1 aliphatic heterocycles. The Labute approximate surface area is 172 Å². The first-order valence-corrected chi connectivity index (χ1v) is 9.81. The third-order valence-corrected chi connectivity index (χ3v) is 5.06. The van der Waals surface area contributed by atoms with Gasteiger partial charge in [0.05, 0.1) is 23.5 Å². The second-order valence-corrected chi connectivity index (χ2v) is 7.53. The summed E-state index contributed by atoms with van der Waals surface area (Å²) in [6, 6.07) is 4.06. The molecule has 1 aliphatic rings. The smallest absolute Gasteiger partial charge is 0.251 e. The number of anilines is 1. The normalized spacial score (nSPS) is 12.3. The van der Waals surface area contributed by atoms with Gasteiger partial charge in [0.15, 0.2) is 0 Å². The van der Waals surface area contributed by atoms with E-state index in [1.807, 2.05) is 47.3 Å². The lowest BCUT2D eigenvalue weighted by atomic mass is 9.93. The Hall–Kier alpha value is -2.93. The lowest BCUT2D eigenvalue weighted by Crippen LogP contribution is -2.30. The van der Waals surface area contributed by atoms with Crippen LogP contribution in [-0.4, -0.2) is 62.8 Å². The maximum atomic E-state index is 12.3. The fourth-order valence-electron chi connectivity index (χ4n) is 3.55. The second kappa shape index (κ2) is 8.61. The number of aromatic nitrogens is 1. The van der Waals surface area contributed by atoms with Crippen LogP contribution in [0.5, 0.6) is 5.88 Å². The number of nitrogens with zero attached hydrogens (tertiary/aromatic N) is 4. The van der Waals surface area contributed by atoms with Gasteiger partial charge in [-0.05, 0) is 45.6 Å². The number of benzene rings is 1. The molecule has 0 fully saturated rings. The molecule has 0 radical (unpaired) electrons. The van der Waals surface area contributed by atoms with E-state index in [9.17, 15) is 4.79 Å². The molecule has 7 heteroatoms. The van der Waals surface area contributed by atoms with Crippen LogP contribution < -0.4 is 15.4 Å². The number of aryl methyl sites for hydroxylation is 1. The molecule has 0 atom stereocenters. The first kappa shape index (κ1) is 20.8. The van der Waals surface area contributed by atoms with E-state index in [0.29, 0.717) is 24.5 Å². The summed E-state index contributed by atoms with van der Waals surface area (Å²) in [6.07, 6.45) is 4.23. The van der Waals surface area contributed by atoms with Crippen molar-refractivity contribution in [1.29, 1.82) is 0 Å². The molecule has 1 aromatic heterocycles. The van der Waals surface area contributed by atoms with E-state index in [1.54, 1.807) is 6.20 Å². The van der Waals surface area contributed by atoms with Crippen molar-refractivity contribution in [1.82, 2.24) is 9.88 Å². The number of primary amides is 1. The average molecular weight is 396 g/mol. The van der Waals surface area contributed by atoms with Crippen LogP contribution in [0.15, 0.2) is 23.3 Å².